The van der Waals surface area contributed by atoms with E-state index in [9.17, 15) is 0 Å². The van der Waals surface area contributed by atoms with E-state index in [1.165, 1.54) is 45.2 Å². The summed E-state index contributed by atoms with van der Waals surface area (Å²) in [4.78, 5) is 2.75. The van der Waals surface area contributed by atoms with Gasteiger partial charge in [0.25, 0.3) is 0 Å². The maximum absolute atomic E-state index is 6.18. The summed E-state index contributed by atoms with van der Waals surface area (Å²) in [5.74, 6) is 2.55. The van der Waals surface area contributed by atoms with Crippen molar-refractivity contribution in [2.75, 3.05) is 19.6 Å². The molecule has 2 heteroatoms. The lowest BCUT2D eigenvalue weighted by Crippen LogP contribution is -2.59. The number of rotatable bonds is 2. The molecular weight excluding hydrogens is 208 g/mol. The highest BCUT2D eigenvalue weighted by molar-refractivity contribution is 4.98. The summed E-state index contributed by atoms with van der Waals surface area (Å²) in [7, 11) is 0. The van der Waals surface area contributed by atoms with E-state index < -0.39 is 0 Å². The molecular formula is C15H30N2. The van der Waals surface area contributed by atoms with Crippen LogP contribution in [-0.2, 0) is 0 Å². The second kappa shape index (κ2) is 5.27. The van der Waals surface area contributed by atoms with Gasteiger partial charge < -0.3 is 5.73 Å². The van der Waals surface area contributed by atoms with Gasteiger partial charge in [0.2, 0.25) is 0 Å². The summed E-state index contributed by atoms with van der Waals surface area (Å²) in [6.07, 6.45) is 6.82. The molecule has 2 rings (SSSR count). The minimum atomic E-state index is 0.334. The SMILES string of the molecule is CC1CC(C)CN(C2(CN)CCCC(C)C2)C1. The lowest BCUT2D eigenvalue weighted by Gasteiger charge is -2.51. The molecule has 2 nitrogen and oxygen atoms in total. The van der Waals surface area contributed by atoms with Crippen molar-refractivity contribution in [2.24, 2.45) is 23.5 Å². The molecule has 0 radical (unpaired) electrons. The van der Waals surface area contributed by atoms with Gasteiger partial charge in [-0.2, -0.15) is 0 Å². The summed E-state index contributed by atoms with van der Waals surface area (Å²) in [6.45, 7) is 10.6. The van der Waals surface area contributed by atoms with Gasteiger partial charge in [-0.05, 0) is 37.0 Å². The zero-order valence-corrected chi connectivity index (χ0v) is 11.9. The normalized spacial score (nSPS) is 44.8. The van der Waals surface area contributed by atoms with Crippen molar-refractivity contribution in [1.29, 1.82) is 0 Å². The molecule has 100 valence electrons. The molecule has 0 aromatic carbocycles. The van der Waals surface area contributed by atoms with Crippen molar-refractivity contribution in [1.82, 2.24) is 4.90 Å². The fraction of sp³-hybridized carbons (Fsp3) is 1.00. The lowest BCUT2D eigenvalue weighted by atomic mass is 9.73. The van der Waals surface area contributed by atoms with Gasteiger partial charge in [-0.25, -0.2) is 0 Å². The lowest BCUT2D eigenvalue weighted by molar-refractivity contribution is -0.00669. The highest BCUT2D eigenvalue weighted by Crippen LogP contribution is 2.39. The number of hydrogen-bond acceptors (Lipinski definition) is 2. The quantitative estimate of drug-likeness (QED) is 0.801. The zero-order chi connectivity index (χ0) is 12.5. The Balaban J connectivity index is 2.10. The van der Waals surface area contributed by atoms with E-state index in [1.54, 1.807) is 0 Å². The monoisotopic (exact) mass is 238 g/mol. The fourth-order valence-corrected chi connectivity index (χ4v) is 4.28. The van der Waals surface area contributed by atoms with Gasteiger partial charge in [0.1, 0.15) is 0 Å². The first-order valence-electron chi connectivity index (χ1n) is 7.51. The number of hydrogen-bond donors (Lipinski definition) is 1. The molecule has 0 aromatic heterocycles. The number of likely N-dealkylation sites (tertiary alicyclic amines) is 1. The van der Waals surface area contributed by atoms with Crippen LogP contribution in [0.5, 0.6) is 0 Å². The Morgan fingerprint density at radius 1 is 1.12 bits per heavy atom. The van der Waals surface area contributed by atoms with Crippen LogP contribution in [0.3, 0.4) is 0 Å². The summed E-state index contributed by atoms with van der Waals surface area (Å²) >= 11 is 0. The first-order chi connectivity index (χ1) is 8.05. The van der Waals surface area contributed by atoms with E-state index >= 15 is 0 Å². The van der Waals surface area contributed by atoms with Crippen LogP contribution in [-0.4, -0.2) is 30.1 Å². The molecule has 1 aliphatic heterocycles. The third kappa shape index (κ3) is 2.85. The van der Waals surface area contributed by atoms with Gasteiger partial charge in [0.05, 0.1) is 0 Å². The molecule has 4 atom stereocenters. The predicted molar refractivity (Wildman–Crippen MR) is 73.9 cm³/mol. The number of nitrogens with two attached hydrogens (primary N) is 1. The van der Waals surface area contributed by atoms with E-state index in [0.717, 1.165) is 24.3 Å². The molecule has 1 saturated carbocycles. The Morgan fingerprint density at radius 2 is 1.76 bits per heavy atom. The second-order valence-corrected chi connectivity index (χ2v) is 6.98. The molecule has 0 amide bonds. The third-order valence-corrected chi connectivity index (χ3v) is 4.99. The van der Waals surface area contributed by atoms with Gasteiger partial charge in [-0.15, -0.1) is 0 Å². The highest BCUT2D eigenvalue weighted by Gasteiger charge is 2.41. The Labute approximate surface area is 107 Å². The van der Waals surface area contributed by atoms with Crippen LogP contribution in [0.2, 0.25) is 0 Å². The Hall–Kier alpha value is -0.0800. The average Bonchev–Trinajstić information content (AvgIpc) is 2.27. The smallest absolute Gasteiger partial charge is 0.0334 e. The van der Waals surface area contributed by atoms with Crippen LogP contribution >= 0.6 is 0 Å². The molecule has 0 bridgehead atoms. The van der Waals surface area contributed by atoms with Crippen LogP contribution in [0.25, 0.3) is 0 Å². The summed E-state index contributed by atoms with van der Waals surface area (Å²) < 4.78 is 0. The number of nitrogens with zero attached hydrogens (tertiary/aromatic N) is 1. The highest BCUT2D eigenvalue weighted by atomic mass is 15.2. The largest absolute Gasteiger partial charge is 0.329 e. The van der Waals surface area contributed by atoms with Crippen LogP contribution in [0.1, 0.15) is 52.9 Å². The van der Waals surface area contributed by atoms with Crippen molar-refractivity contribution in [3.63, 3.8) is 0 Å². The van der Waals surface area contributed by atoms with Crippen LogP contribution in [0, 0.1) is 17.8 Å². The van der Waals surface area contributed by atoms with Gasteiger partial charge in [-0.3, -0.25) is 4.90 Å². The van der Waals surface area contributed by atoms with E-state index in [1.807, 2.05) is 0 Å². The van der Waals surface area contributed by atoms with Gasteiger partial charge in [0.15, 0.2) is 0 Å². The van der Waals surface area contributed by atoms with Gasteiger partial charge >= 0.3 is 0 Å². The summed E-state index contributed by atoms with van der Waals surface area (Å²) in [5, 5.41) is 0. The van der Waals surface area contributed by atoms with Crippen molar-refractivity contribution in [3.8, 4) is 0 Å². The van der Waals surface area contributed by atoms with Crippen molar-refractivity contribution in [2.45, 2.75) is 58.4 Å². The van der Waals surface area contributed by atoms with Gasteiger partial charge in [-0.1, -0.05) is 33.6 Å². The Kier molecular flexibility index (Phi) is 4.14. The predicted octanol–water partition coefficient (Wildman–Crippen LogP) is 2.87. The van der Waals surface area contributed by atoms with Crippen LogP contribution < -0.4 is 5.73 Å². The van der Waals surface area contributed by atoms with Crippen molar-refractivity contribution >= 4 is 0 Å². The molecule has 1 heterocycles. The van der Waals surface area contributed by atoms with E-state index in [-0.39, 0.29) is 0 Å². The Morgan fingerprint density at radius 3 is 2.29 bits per heavy atom. The number of piperidine rings is 1. The molecule has 2 aliphatic rings. The molecule has 0 spiro atoms. The van der Waals surface area contributed by atoms with Crippen LogP contribution in [0.4, 0.5) is 0 Å². The summed E-state index contributed by atoms with van der Waals surface area (Å²) in [5.41, 5.74) is 6.51. The Bertz CT molecular complexity index is 243. The van der Waals surface area contributed by atoms with E-state index in [4.69, 9.17) is 5.73 Å². The molecule has 1 saturated heterocycles. The van der Waals surface area contributed by atoms with Crippen molar-refractivity contribution < 1.29 is 0 Å². The maximum Gasteiger partial charge on any atom is 0.0334 e. The minimum Gasteiger partial charge on any atom is -0.329 e. The second-order valence-electron chi connectivity index (χ2n) is 6.98. The molecule has 2 N–H and O–H groups in total. The standard InChI is InChI=1S/C15H30N2/c1-12-5-4-6-15(8-12,11-16)17-9-13(2)7-14(3)10-17/h12-14H,4-11,16H2,1-3H3. The van der Waals surface area contributed by atoms with Crippen molar-refractivity contribution in [3.05, 3.63) is 0 Å². The molecule has 0 aromatic rings. The first-order valence-corrected chi connectivity index (χ1v) is 7.51. The molecule has 4 unspecified atom stereocenters. The summed E-state index contributed by atoms with van der Waals surface area (Å²) in [6, 6.07) is 0. The average molecular weight is 238 g/mol. The van der Waals surface area contributed by atoms with E-state index in [2.05, 4.69) is 25.7 Å². The first kappa shape index (κ1) is 13.4. The zero-order valence-electron chi connectivity index (χ0n) is 11.9. The minimum absolute atomic E-state index is 0.334. The fourth-order valence-electron chi connectivity index (χ4n) is 4.28. The molecule has 17 heavy (non-hydrogen) atoms. The third-order valence-electron chi connectivity index (χ3n) is 4.99. The topological polar surface area (TPSA) is 29.3 Å². The molecule has 2 fully saturated rings. The van der Waals surface area contributed by atoms with E-state index in [0.29, 0.717) is 5.54 Å². The molecule has 1 aliphatic carbocycles. The van der Waals surface area contributed by atoms with Crippen LogP contribution in [0.15, 0.2) is 0 Å². The maximum atomic E-state index is 6.18. The van der Waals surface area contributed by atoms with Gasteiger partial charge in [0, 0.05) is 25.2 Å².